The highest BCUT2D eigenvalue weighted by Crippen LogP contribution is 2.32. The highest BCUT2D eigenvalue weighted by molar-refractivity contribution is 5.94. The predicted octanol–water partition coefficient (Wildman–Crippen LogP) is 5.62. The maximum Gasteiger partial charge on any atom is 0.413 e. The Morgan fingerprint density at radius 3 is 2.32 bits per heavy atom. The number of aryl methyl sites for hydroxylation is 1. The number of hydrogen-bond acceptors (Lipinski definition) is 4. The molecule has 4 rings (SSSR count). The van der Waals surface area contributed by atoms with E-state index < -0.39 is 6.09 Å². The third-order valence-corrected chi connectivity index (χ3v) is 5.78. The van der Waals surface area contributed by atoms with Crippen LogP contribution in [0, 0.1) is 0 Å². The number of hydrogen-bond donors (Lipinski definition) is 2. The molecule has 0 atom stereocenters. The molecule has 1 heterocycles. The van der Waals surface area contributed by atoms with Gasteiger partial charge in [-0.1, -0.05) is 18.2 Å². The van der Waals surface area contributed by atoms with Gasteiger partial charge in [0.05, 0.1) is 14.2 Å². The lowest BCUT2D eigenvalue weighted by Gasteiger charge is -2.16. The van der Waals surface area contributed by atoms with Gasteiger partial charge in [-0.15, -0.1) is 0 Å². The first kappa shape index (κ1) is 22.9. The van der Waals surface area contributed by atoms with Crippen molar-refractivity contribution in [2.45, 2.75) is 12.8 Å². The second-order valence-corrected chi connectivity index (χ2v) is 7.88. The fraction of sp³-hybridized carbons (Fsp3) is 0.185. The van der Waals surface area contributed by atoms with E-state index in [0.29, 0.717) is 24.2 Å². The number of aromatic amines is 1. The zero-order chi connectivity index (χ0) is 24.1. The second-order valence-electron chi connectivity index (χ2n) is 7.88. The molecule has 0 fully saturated rings. The van der Waals surface area contributed by atoms with Crippen molar-refractivity contribution in [1.82, 2.24) is 4.98 Å². The monoisotopic (exact) mass is 457 g/mol. The average Bonchev–Trinajstić information content (AvgIpc) is 3.25. The number of carbonyl (C=O) groups is 2. The van der Waals surface area contributed by atoms with E-state index in [9.17, 15) is 9.59 Å². The van der Waals surface area contributed by atoms with Crippen molar-refractivity contribution in [3.05, 3.63) is 78.4 Å². The molecule has 4 aromatic rings. The van der Waals surface area contributed by atoms with Crippen molar-refractivity contribution in [2.24, 2.45) is 0 Å². The molecule has 2 N–H and O–H groups in total. The number of rotatable bonds is 7. The number of benzene rings is 3. The lowest BCUT2D eigenvalue weighted by molar-refractivity contribution is -0.116. The summed E-state index contributed by atoms with van der Waals surface area (Å²) >= 11 is 0. The van der Waals surface area contributed by atoms with Crippen LogP contribution in [0.3, 0.4) is 0 Å². The Kier molecular flexibility index (Phi) is 6.82. The van der Waals surface area contributed by atoms with Crippen LogP contribution in [0.25, 0.3) is 22.2 Å². The summed E-state index contributed by atoms with van der Waals surface area (Å²) < 4.78 is 10.00. The summed E-state index contributed by atoms with van der Waals surface area (Å²) in [6.07, 6.45) is 0.457. The molecule has 34 heavy (non-hydrogen) atoms. The summed E-state index contributed by atoms with van der Waals surface area (Å²) in [4.78, 5) is 29.3. The van der Waals surface area contributed by atoms with Crippen molar-refractivity contribution in [2.75, 3.05) is 31.5 Å². The molecule has 0 spiro atoms. The van der Waals surface area contributed by atoms with Gasteiger partial charge in [0, 0.05) is 41.4 Å². The quantitative estimate of drug-likeness (QED) is 0.377. The second kappa shape index (κ2) is 10.1. The van der Waals surface area contributed by atoms with E-state index in [1.165, 1.54) is 12.0 Å². The molecule has 7 nitrogen and oxygen atoms in total. The van der Waals surface area contributed by atoms with Gasteiger partial charge in [-0.2, -0.15) is 0 Å². The third kappa shape index (κ3) is 4.88. The van der Waals surface area contributed by atoms with Gasteiger partial charge in [0.25, 0.3) is 0 Å². The molecule has 0 saturated carbocycles. The molecule has 7 heteroatoms. The summed E-state index contributed by atoms with van der Waals surface area (Å²) in [5, 5.41) is 4.04. The minimum absolute atomic E-state index is 0.0833. The summed E-state index contributed by atoms with van der Waals surface area (Å²) in [5.74, 6) is 0.713. The van der Waals surface area contributed by atoms with E-state index in [1.807, 2.05) is 42.5 Å². The molecule has 174 valence electrons. The molecule has 0 radical (unpaired) electrons. The molecule has 0 unspecified atom stereocenters. The van der Waals surface area contributed by atoms with Crippen LogP contribution in [-0.4, -0.2) is 38.3 Å². The van der Waals surface area contributed by atoms with Gasteiger partial charge in [0.1, 0.15) is 5.75 Å². The maximum atomic E-state index is 12.7. The van der Waals surface area contributed by atoms with Crippen molar-refractivity contribution in [3.63, 3.8) is 0 Å². The molecule has 1 aromatic heterocycles. The fourth-order valence-corrected chi connectivity index (χ4v) is 3.94. The Morgan fingerprint density at radius 2 is 1.65 bits per heavy atom. The number of carbonyl (C=O) groups excluding carboxylic acids is 2. The van der Waals surface area contributed by atoms with Crippen LogP contribution in [0.5, 0.6) is 5.75 Å². The van der Waals surface area contributed by atoms with Gasteiger partial charge in [0.2, 0.25) is 5.91 Å². The minimum Gasteiger partial charge on any atom is -0.497 e. The van der Waals surface area contributed by atoms with E-state index in [2.05, 4.69) is 16.4 Å². The average molecular weight is 458 g/mol. The Balaban J connectivity index is 1.48. The van der Waals surface area contributed by atoms with Crippen molar-refractivity contribution < 1.29 is 19.1 Å². The Labute approximate surface area is 198 Å². The number of anilines is 2. The number of H-pyrrole nitrogens is 1. The van der Waals surface area contributed by atoms with Gasteiger partial charge in [-0.05, 0) is 72.1 Å². The lowest BCUT2D eigenvalue weighted by Crippen LogP contribution is -2.25. The number of amides is 2. The van der Waals surface area contributed by atoms with E-state index in [-0.39, 0.29) is 5.91 Å². The molecule has 0 aliphatic rings. The first-order chi connectivity index (χ1) is 16.5. The molecule has 3 aromatic carbocycles. The van der Waals surface area contributed by atoms with Crippen LogP contribution >= 0.6 is 0 Å². The van der Waals surface area contributed by atoms with Gasteiger partial charge >= 0.3 is 6.09 Å². The molecule has 0 saturated heterocycles. The maximum absolute atomic E-state index is 12.7. The van der Waals surface area contributed by atoms with Crippen molar-refractivity contribution in [3.8, 4) is 17.0 Å². The Bertz CT molecular complexity index is 1290. The SMILES string of the molecule is COC(=O)N(C)c1ccc(NC(=O)CCc2c(-c3ccc(OC)cc3)[nH]c3ccccc23)cc1. The first-order valence-electron chi connectivity index (χ1n) is 11.0. The van der Waals surface area contributed by atoms with E-state index >= 15 is 0 Å². The number of fused-ring (bicyclic) bond motifs is 1. The van der Waals surface area contributed by atoms with Crippen LogP contribution in [-0.2, 0) is 16.0 Å². The number of para-hydroxylation sites is 1. The zero-order valence-electron chi connectivity index (χ0n) is 19.4. The van der Waals surface area contributed by atoms with Gasteiger partial charge in [-0.25, -0.2) is 4.79 Å². The van der Waals surface area contributed by atoms with Crippen LogP contribution in [0.15, 0.2) is 72.8 Å². The lowest BCUT2D eigenvalue weighted by atomic mass is 10.0. The van der Waals surface area contributed by atoms with E-state index in [0.717, 1.165) is 33.5 Å². The van der Waals surface area contributed by atoms with Crippen LogP contribution in [0.1, 0.15) is 12.0 Å². The molecule has 0 aliphatic heterocycles. The van der Waals surface area contributed by atoms with Crippen LogP contribution in [0.4, 0.5) is 16.2 Å². The predicted molar refractivity (Wildman–Crippen MR) is 134 cm³/mol. The first-order valence-corrected chi connectivity index (χ1v) is 11.0. The zero-order valence-corrected chi connectivity index (χ0v) is 19.4. The summed E-state index contributed by atoms with van der Waals surface area (Å²) in [6.45, 7) is 0. The highest BCUT2D eigenvalue weighted by Gasteiger charge is 2.15. The molecular formula is C27H27N3O4. The topological polar surface area (TPSA) is 83.7 Å². The van der Waals surface area contributed by atoms with Crippen molar-refractivity contribution >= 4 is 34.3 Å². The normalized spacial score (nSPS) is 10.7. The number of ether oxygens (including phenoxy) is 2. The van der Waals surface area contributed by atoms with E-state index in [4.69, 9.17) is 9.47 Å². The standard InChI is InChI=1S/C27H27N3O4/c1-30(27(32)34-3)20-12-10-19(11-13-20)28-25(31)17-16-23-22-6-4-5-7-24(22)29-26(23)18-8-14-21(33-2)15-9-18/h4-15,29H,16-17H2,1-3H3,(H,28,31). The summed E-state index contributed by atoms with van der Waals surface area (Å²) in [7, 11) is 4.61. The van der Waals surface area contributed by atoms with E-state index in [1.54, 1.807) is 38.4 Å². The van der Waals surface area contributed by atoms with Crippen LogP contribution in [0.2, 0.25) is 0 Å². The Hall–Kier alpha value is -4.26. The number of nitrogens with one attached hydrogen (secondary N) is 2. The Morgan fingerprint density at radius 1 is 0.941 bits per heavy atom. The number of methoxy groups -OCH3 is 2. The molecule has 0 bridgehead atoms. The molecule has 2 amide bonds. The van der Waals surface area contributed by atoms with Crippen LogP contribution < -0.4 is 15.0 Å². The van der Waals surface area contributed by atoms with Crippen molar-refractivity contribution in [1.29, 1.82) is 0 Å². The van der Waals surface area contributed by atoms with Gasteiger partial charge in [-0.3, -0.25) is 9.69 Å². The van der Waals surface area contributed by atoms with Gasteiger partial charge in [0.15, 0.2) is 0 Å². The number of nitrogens with zero attached hydrogens (tertiary/aromatic N) is 1. The molecule has 0 aliphatic carbocycles. The number of aromatic nitrogens is 1. The largest absolute Gasteiger partial charge is 0.497 e. The summed E-state index contributed by atoms with van der Waals surface area (Å²) in [6, 6.07) is 23.0. The smallest absolute Gasteiger partial charge is 0.413 e. The van der Waals surface area contributed by atoms with Gasteiger partial charge < -0.3 is 19.8 Å². The minimum atomic E-state index is -0.455. The molecular weight excluding hydrogens is 430 g/mol. The third-order valence-electron chi connectivity index (χ3n) is 5.78. The fourth-order valence-electron chi connectivity index (χ4n) is 3.94. The highest BCUT2D eigenvalue weighted by atomic mass is 16.5. The summed E-state index contributed by atoms with van der Waals surface area (Å²) in [5.41, 5.74) is 5.53.